The van der Waals surface area contributed by atoms with E-state index in [-0.39, 0.29) is 0 Å². The summed E-state index contributed by atoms with van der Waals surface area (Å²) in [6, 6.07) is 7.90. The van der Waals surface area contributed by atoms with Gasteiger partial charge in [-0.25, -0.2) is 0 Å². The number of allylic oxidation sites excluding steroid dienone is 6. The van der Waals surface area contributed by atoms with Crippen LogP contribution in [-0.2, 0) is 9.59 Å². The van der Waals surface area contributed by atoms with Crippen molar-refractivity contribution in [1.29, 1.82) is 0 Å². The van der Waals surface area contributed by atoms with E-state index < -0.39 is 11.6 Å². The van der Waals surface area contributed by atoms with Crippen LogP contribution in [-0.4, -0.2) is 18.7 Å². The van der Waals surface area contributed by atoms with Gasteiger partial charge < -0.3 is 4.74 Å². The lowest BCUT2D eigenvalue weighted by molar-refractivity contribution is -0.131. The molecule has 1 aromatic rings. The summed E-state index contributed by atoms with van der Waals surface area (Å²) in [5.41, 5.74) is 4.23. The van der Waals surface area contributed by atoms with Gasteiger partial charge in [0.2, 0.25) is 11.6 Å². The third-order valence-electron chi connectivity index (χ3n) is 3.80. The van der Waals surface area contributed by atoms with Crippen molar-refractivity contribution < 1.29 is 14.3 Å². The van der Waals surface area contributed by atoms with Crippen molar-refractivity contribution in [2.24, 2.45) is 0 Å². The molecule has 22 heavy (non-hydrogen) atoms. The average molecular weight is 296 g/mol. The molecule has 0 aliphatic heterocycles. The highest BCUT2D eigenvalue weighted by Crippen LogP contribution is 2.31. The molecule has 3 nitrogen and oxygen atoms in total. The van der Waals surface area contributed by atoms with Crippen LogP contribution in [0.2, 0.25) is 0 Å². The fourth-order valence-electron chi connectivity index (χ4n) is 2.67. The van der Waals surface area contributed by atoms with Gasteiger partial charge in [0.15, 0.2) is 0 Å². The van der Waals surface area contributed by atoms with Crippen LogP contribution in [0.15, 0.2) is 53.6 Å². The van der Waals surface area contributed by atoms with Gasteiger partial charge in [0.25, 0.3) is 0 Å². The van der Waals surface area contributed by atoms with E-state index >= 15 is 0 Å². The Labute approximate surface area is 131 Å². The van der Waals surface area contributed by atoms with E-state index in [0.29, 0.717) is 0 Å². The van der Waals surface area contributed by atoms with Crippen LogP contribution in [0.1, 0.15) is 32.3 Å². The number of ether oxygens (including phenoxy) is 1. The molecule has 0 unspecified atom stereocenters. The Bertz CT molecular complexity index is 673. The van der Waals surface area contributed by atoms with Crippen LogP contribution < -0.4 is 4.74 Å². The lowest BCUT2D eigenvalue weighted by Crippen LogP contribution is -2.12. The summed E-state index contributed by atoms with van der Waals surface area (Å²) in [7, 11) is 1.64. The lowest BCUT2D eigenvalue weighted by Gasteiger charge is -2.16. The second-order valence-corrected chi connectivity index (χ2v) is 5.05. The van der Waals surface area contributed by atoms with Crippen LogP contribution in [0.3, 0.4) is 0 Å². The highest BCUT2D eigenvalue weighted by atomic mass is 16.5. The molecule has 0 radical (unpaired) electrons. The number of benzene rings is 1. The molecular weight excluding hydrogens is 276 g/mol. The summed E-state index contributed by atoms with van der Waals surface area (Å²) < 4.78 is 5.19. The number of carbonyl (C=O) groups is 2. The Morgan fingerprint density at radius 2 is 1.55 bits per heavy atom. The smallest absolute Gasteiger partial charge is 0.226 e. The fraction of sp³-hybridized carbons (Fsp3) is 0.263. The quantitative estimate of drug-likeness (QED) is 0.611. The molecule has 0 bridgehead atoms. The van der Waals surface area contributed by atoms with E-state index in [2.05, 4.69) is 13.8 Å². The van der Waals surface area contributed by atoms with Crippen molar-refractivity contribution in [3.63, 3.8) is 0 Å². The number of methoxy groups -OCH3 is 1. The van der Waals surface area contributed by atoms with Gasteiger partial charge in [0.05, 0.1) is 7.11 Å². The Morgan fingerprint density at radius 3 is 2.05 bits per heavy atom. The van der Waals surface area contributed by atoms with E-state index in [9.17, 15) is 9.59 Å². The number of hydrogen-bond acceptors (Lipinski definition) is 3. The van der Waals surface area contributed by atoms with Crippen molar-refractivity contribution in [2.75, 3.05) is 7.11 Å². The van der Waals surface area contributed by atoms with Crippen molar-refractivity contribution in [2.45, 2.75) is 26.7 Å². The Morgan fingerprint density at radius 1 is 0.909 bits per heavy atom. The fourth-order valence-corrected chi connectivity index (χ4v) is 2.67. The van der Waals surface area contributed by atoms with Gasteiger partial charge in [0.1, 0.15) is 5.75 Å². The number of carbonyl (C=O) groups excluding carboxylic acids is 2. The van der Waals surface area contributed by atoms with Gasteiger partial charge in [-0.3, -0.25) is 9.59 Å². The second-order valence-electron chi connectivity index (χ2n) is 5.05. The molecule has 0 saturated heterocycles. The monoisotopic (exact) mass is 296 g/mol. The van der Waals surface area contributed by atoms with Crippen molar-refractivity contribution >= 4 is 17.1 Å². The Balaban J connectivity index is 2.49. The summed E-state index contributed by atoms with van der Waals surface area (Å²) >= 11 is 0. The van der Waals surface area contributed by atoms with Crippen molar-refractivity contribution in [3.05, 3.63) is 59.2 Å². The van der Waals surface area contributed by atoms with E-state index in [1.165, 1.54) is 17.7 Å². The van der Waals surface area contributed by atoms with Crippen LogP contribution in [0.5, 0.6) is 5.75 Å². The Hall–Kier alpha value is -2.42. The van der Waals surface area contributed by atoms with Crippen LogP contribution in [0, 0.1) is 0 Å². The molecule has 0 aromatic heterocycles. The number of rotatable bonds is 5. The molecule has 3 heteroatoms. The first kappa shape index (κ1) is 16.0. The van der Waals surface area contributed by atoms with E-state index in [1.54, 1.807) is 13.2 Å². The highest BCUT2D eigenvalue weighted by Gasteiger charge is 2.17. The minimum Gasteiger partial charge on any atom is -0.497 e. The van der Waals surface area contributed by atoms with Gasteiger partial charge in [-0.1, -0.05) is 32.1 Å². The average Bonchev–Trinajstić information content (AvgIpc) is 2.55. The summed E-state index contributed by atoms with van der Waals surface area (Å²) in [5, 5.41) is 0. The molecule has 0 heterocycles. The summed E-state index contributed by atoms with van der Waals surface area (Å²) in [5.74, 6) is -0.0925. The highest BCUT2D eigenvalue weighted by molar-refractivity contribution is 6.46. The minimum atomic E-state index is -0.457. The van der Waals surface area contributed by atoms with Gasteiger partial charge in [0, 0.05) is 0 Å². The Kier molecular flexibility index (Phi) is 5.10. The van der Waals surface area contributed by atoms with E-state index in [4.69, 9.17) is 4.74 Å². The van der Waals surface area contributed by atoms with Crippen LogP contribution in [0.25, 0.3) is 5.57 Å². The molecule has 1 aliphatic rings. The third-order valence-corrected chi connectivity index (χ3v) is 3.80. The predicted molar refractivity (Wildman–Crippen MR) is 87.7 cm³/mol. The maximum Gasteiger partial charge on any atom is 0.226 e. The molecule has 0 N–H and O–H groups in total. The molecule has 0 amide bonds. The molecule has 1 aliphatic carbocycles. The zero-order valence-corrected chi connectivity index (χ0v) is 13.2. The SMILES string of the molecule is CC/C(C1=CC(=O)C(=O)C=C1)=C(/CC)c1ccc(OC)cc1. The largest absolute Gasteiger partial charge is 0.497 e. The first-order valence-corrected chi connectivity index (χ1v) is 7.45. The zero-order chi connectivity index (χ0) is 16.1. The molecule has 0 spiro atoms. The molecule has 0 fully saturated rings. The van der Waals surface area contributed by atoms with Gasteiger partial charge >= 0.3 is 0 Å². The van der Waals surface area contributed by atoms with E-state index in [0.717, 1.165) is 35.3 Å². The van der Waals surface area contributed by atoms with Crippen LogP contribution >= 0.6 is 0 Å². The summed E-state index contributed by atoms with van der Waals surface area (Å²) in [6.07, 6.45) is 6.19. The molecule has 1 aromatic carbocycles. The van der Waals surface area contributed by atoms with Gasteiger partial charge in [-0.05, 0) is 59.4 Å². The van der Waals surface area contributed by atoms with Crippen molar-refractivity contribution in [3.8, 4) is 5.75 Å². The molecular formula is C19H20O3. The normalized spacial score (nSPS) is 15.5. The molecule has 0 saturated carbocycles. The van der Waals surface area contributed by atoms with E-state index in [1.807, 2.05) is 24.3 Å². The lowest BCUT2D eigenvalue weighted by atomic mass is 9.88. The van der Waals surface area contributed by atoms with Crippen LogP contribution in [0.4, 0.5) is 0 Å². The third kappa shape index (κ3) is 3.25. The standard InChI is InChI=1S/C19H20O3/c1-4-16(13-6-9-15(22-3)10-7-13)17(5-2)14-8-11-18(20)19(21)12-14/h6-12H,4-5H2,1-3H3/b17-16+. The maximum absolute atomic E-state index is 11.6. The molecule has 114 valence electrons. The van der Waals surface area contributed by atoms with Crippen molar-refractivity contribution in [1.82, 2.24) is 0 Å². The molecule has 2 rings (SSSR count). The number of hydrogen-bond donors (Lipinski definition) is 0. The first-order chi connectivity index (χ1) is 10.6. The minimum absolute atomic E-state index is 0.450. The summed E-state index contributed by atoms with van der Waals surface area (Å²) in [6.45, 7) is 4.15. The predicted octanol–water partition coefficient (Wildman–Crippen LogP) is 3.90. The summed E-state index contributed by atoms with van der Waals surface area (Å²) in [4.78, 5) is 23.0. The topological polar surface area (TPSA) is 43.4 Å². The zero-order valence-electron chi connectivity index (χ0n) is 13.2. The second kappa shape index (κ2) is 7.03. The molecule has 0 atom stereocenters. The number of ketones is 2. The maximum atomic E-state index is 11.6. The first-order valence-electron chi connectivity index (χ1n) is 7.45. The van der Waals surface area contributed by atoms with Gasteiger partial charge in [-0.2, -0.15) is 0 Å². The van der Waals surface area contributed by atoms with Gasteiger partial charge in [-0.15, -0.1) is 0 Å².